The molecule has 2 fully saturated rings. The van der Waals surface area contributed by atoms with Crippen LogP contribution in [0.3, 0.4) is 0 Å². The van der Waals surface area contributed by atoms with Crippen LogP contribution in [0.1, 0.15) is 18.4 Å². The van der Waals surface area contributed by atoms with E-state index in [9.17, 15) is 33.9 Å². The number of nitrogens with zero attached hydrogens (tertiary/aromatic N) is 4. The van der Waals surface area contributed by atoms with Crippen LogP contribution in [0.4, 0.5) is 9.59 Å². The summed E-state index contributed by atoms with van der Waals surface area (Å²) in [5, 5.41) is 21.3. The third kappa shape index (κ3) is 7.01. The smallest absolute Gasteiger partial charge is 0.543 e. The van der Waals surface area contributed by atoms with Crippen LogP contribution in [-0.4, -0.2) is 99.7 Å². The number of carboxylic acid groups (broad SMARTS) is 1. The Bertz CT molecular complexity index is 1490. The summed E-state index contributed by atoms with van der Waals surface area (Å²) in [7, 11) is 0. The zero-order valence-electron chi connectivity index (χ0n) is 23.6. The number of carbonyl (C=O) groups excluding carboxylic acids is 6. The van der Waals surface area contributed by atoms with Crippen LogP contribution >= 0.6 is 11.8 Å². The van der Waals surface area contributed by atoms with Crippen LogP contribution in [0.5, 0.6) is 0 Å². The van der Waals surface area contributed by atoms with E-state index in [1.165, 1.54) is 37.4 Å². The van der Waals surface area contributed by atoms with Crippen molar-refractivity contribution in [2.45, 2.75) is 30.8 Å². The average Bonchev–Trinajstić information content (AvgIpc) is 3.75. The molecule has 6 amide bonds. The second kappa shape index (κ2) is 14.1. The zero-order valence-corrected chi connectivity index (χ0v) is 26.4. The predicted molar refractivity (Wildman–Crippen MR) is 144 cm³/mol. The van der Waals surface area contributed by atoms with E-state index in [1.807, 2.05) is 0 Å². The van der Waals surface area contributed by atoms with Crippen molar-refractivity contribution in [2.75, 3.05) is 25.4 Å². The van der Waals surface area contributed by atoms with Gasteiger partial charge in [0.1, 0.15) is 35.6 Å². The Hall–Kier alpha value is -4.06. The number of urea groups is 2. The van der Waals surface area contributed by atoms with Gasteiger partial charge in [-0.2, -0.15) is 5.10 Å². The first-order valence-electron chi connectivity index (χ1n) is 12.9. The third-order valence-corrected chi connectivity index (χ3v) is 8.03. The van der Waals surface area contributed by atoms with Crippen molar-refractivity contribution in [2.24, 2.45) is 5.10 Å². The van der Waals surface area contributed by atoms with Gasteiger partial charge in [0.2, 0.25) is 5.91 Å². The summed E-state index contributed by atoms with van der Waals surface area (Å²) < 4.78 is 15.4. The number of imide groups is 1. The van der Waals surface area contributed by atoms with Gasteiger partial charge < -0.3 is 34.1 Å². The van der Waals surface area contributed by atoms with Gasteiger partial charge in [-0.25, -0.2) is 19.5 Å². The van der Waals surface area contributed by atoms with Gasteiger partial charge in [-0.3, -0.25) is 19.3 Å². The van der Waals surface area contributed by atoms with E-state index in [0.717, 1.165) is 14.8 Å². The molecule has 0 spiro atoms. The number of carboxylic acids is 1. The Labute approximate surface area is 276 Å². The van der Waals surface area contributed by atoms with Gasteiger partial charge in [-0.1, -0.05) is 0 Å². The molecule has 18 heteroatoms. The fourth-order valence-corrected chi connectivity index (χ4v) is 5.93. The van der Waals surface area contributed by atoms with Crippen LogP contribution in [0, 0.1) is 0 Å². The second-order valence-electron chi connectivity index (χ2n) is 9.52. The molecule has 16 nitrogen and oxygen atoms in total. The Morgan fingerprint density at radius 2 is 1.93 bits per heavy atom. The molecule has 2 aromatic rings. The van der Waals surface area contributed by atoms with E-state index in [0.29, 0.717) is 11.5 Å². The third-order valence-electron chi connectivity index (χ3n) is 6.69. The van der Waals surface area contributed by atoms with Crippen molar-refractivity contribution in [3.63, 3.8) is 0 Å². The van der Waals surface area contributed by atoms with Gasteiger partial charge in [-0.05, 0) is 24.3 Å². The number of hydrogen-bond donors (Lipinski definition) is 2. The minimum absolute atomic E-state index is 0. The zero-order chi connectivity index (χ0) is 30.7. The number of rotatable bonds is 10. The molecular formula is C26H25N6NaO10S. The van der Waals surface area contributed by atoms with Crippen LogP contribution in [-0.2, 0) is 30.3 Å². The Balaban J connectivity index is 0.00000442. The number of fused-ring (bicyclic) bond motifs is 1. The number of esters is 1. The van der Waals surface area contributed by atoms with E-state index in [2.05, 4.69) is 15.7 Å². The van der Waals surface area contributed by atoms with Gasteiger partial charge in [0.05, 0.1) is 43.5 Å². The molecule has 0 aliphatic carbocycles. The number of ether oxygens (including phenoxy) is 1. The maximum Gasteiger partial charge on any atom is 1.00 e. The van der Waals surface area contributed by atoms with E-state index in [-0.39, 0.29) is 67.0 Å². The molecule has 0 aromatic carbocycles. The summed E-state index contributed by atoms with van der Waals surface area (Å²) in [4.78, 5) is 77.2. The fourth-order valence-electron chi connectivity index (χ4n) is 4.60. The molecule has 2 unspecified atom stereocenters. The van der Waals surface area contributed by atoms with Crippen LogP contribution < -0.4 is 45.3 Å². The molecule has 0 bridgehead atoms. The molecule has 5 heterocycles. The number of amides is 6. The molecule has 0 radical (unpaired) electrons. The molecule has 5 rings (SSSR count). The standard InChI is InChI=1S/C26H26N6O10S.Na/c1-14(33)42-12-15-13-43-23-19(22(35)32(23)20(15)24(36)37)29-21(34)18(10-16-4-2-8-40-16)28-25(38)30-6-7-31(26(30)39)27-11-17-5-3-9-41-17;/h2-5,8-9,11,18-19,23H,6-7,10,12-13H2,1H3,(H,28,38)(H,29,34)(H,36,37);/q;+1/p-1/t18?,19?,23-;/m1./s1. The quantitative estimate of drug-likeness (QED) is 0.112. The summed E-state index contributed by atoms with van der Waals surface area (Å²) in [6.45, 7) is 0.954. The minimum atomic E-state index is -1.62. The number of aliphatic carboxylic acids is 1. The summed E-state index contributed by atoms with van der Waals surface area (Å²) in [5.41, 5.74) is -0.219. The van der Waals surface area contributed by atoms with Crippen molar-refractivity contribution < 1.29 is 77.0 Å². The maximum atomic E-state index is 13.4. The van der Waals surface area contributed by atoms with Crippen LogP contribution in [0.15, 0.2) is 62.0 Å². The Kier molecular flexibility index (Phi) is 10.6. The van der Waals surface area contributed by atoms with Crippen molar-refractivity contribution in [3.05, 3.63) is 59.6 Å². The van der Waals surface area contributed by atoms with E-state index in [1.54, 1.807) is 24.3 Å². The number of nitrogens with one attached hydrogen (secondary N) is 2. The summed E-state index contributed by atoms with van der Waals surface area (Å²) in [5.74, 6) is -2.84. The van der Waals surface area contributed by atoms with Crippen molar-refractivity contribution >= 4 is 53.8 Å². The number of β-lactam (4-membered cyclic amide) rings is 1. The summed E-state index contributed by atoms with van der Waals surface area (Å²) in [6.07, 6.45) is 4.06. The first kappa shape index (κ1) is 32.8. The largest absolute Gasteiger partial charge is 1.00 e. The Morgan fingerprint density at radius 3 is 2.59 bits per heavy atom. The van der Waals surface area contributed by atoms with Gasteiger partial charge in [-0.15, -0.1) is 11.8 Å². The maximum absolute atomic E-state index is 13.4. The van der Waals surface area contributed by atoms with Crippen molar-refractivity contribution in [1.82, 2.24) is 25.4 Å². The average molecular weight is 637 g/mol. The second-order valence-corrected chi connectivity index (χ2v) is 10.6. The topological polar surface area (TPSA) is 207 Å². The normalized spacial score (nSPS) is 20.2. The molecule has 3 aliphatic heterocycles. The number of furan rings is 2. The summed E-state index contributed by atoms with van der Waals surface area (Å²) >= 11 is 1.17. The SMILES string of the molecule is CC(=O)OCC1=C(C(=O)[O-])N2C(=O)C(NC(=O)C(Cc3ccco3)NC(=O)N3CCN(N=Cc4ccco4)C3=O)[C@H]2SC1.[Na+]. The van der Waals surface area contributed by atoms with Crippen LogP contribution in [0.25, 0.3) is 0 Å². The molecule has 0 saturated carbocycles. The summed E-state index contributed by atoms with van der Waals surface area (Å²) in [6, 6.07) is 2.52. The molecule has 44 heavy (non-hydrogen) atoms. The van der Waals surface area contributed by atoms with E-state index < -0.39 is 59.0 Å². The molecule has 2 saturated heterocycles. The Morgan fingerprint density at radius 1 is 1.18 bits per heavy atom. The molecule has 3 atom stereocenters. The van der Waals surface area contributed by atoms with Crippen molar-refractivity contribution in [3.8, 4) is 0 Å². The number of carbonyl (C=O) groups is 6. The van der Waals surface area contributed by atoms with E-state index in [4.69, 9.17) is 13.6 Å². The van der Waals surface area contributed by atoms with Crippen molar-refractivity contribution in [1.29, 1.82) is 0 Å². The monoisotopic (exact) mass is 636 g/mol. The van der Waals surface area contributed by atoms with Gasteiger partial charge >= 0.3 is 47.6 Å². The fraction of sp³-hybridized carbons (Fsp3) is 0.346. The molecule has 3 aliphatic rings. The van der Waals surface area contributed by atoms with Gasteiger partial charge in [0, 0.05) is 24.7 Å². The molecular weight excluding hydrogens is 611 g/mol. The number of hydrazone groups is 1. The first-order chi connectivity index (χ1) is 20.6. The molecule has 2 aromatic heterocycles. The molecule has 226 valence electrons. The van der Waals surface area contributed by atoms with Crippen LogP contribution in [0.2, 0.25) is 0 Å². The van der Waals surface area contributed by atoms with Gasteiger partial charge in [0.15, 0.2) is 0 Å². The minimum Gasteiger partial charge on any atom is -0.543 e. The van der Waals surface area contributed by atoms with Gasteiger partial charge in [0.25, 0.3) is 5.91 Å². The molecule has 2 N–H and O–H groups in total. The number of hydrogen-bond acceptors (Lipinski definition) is 12. The first-order valence-corrected chi connectivity index (χ1v) is 14.0. The number of thioether (sulfide) groups is 1. The van der Waals surface area contributed by atoms with E-state index >= 15 is 0 Å². The predicted octanol–water partition coefficient (Wildman–Crippen LogP) is -3.76.